The molecule has 0 unspecified atom stereocenters. The van der Waals surface area contributed by atoms with E-state index in [2.05, 4.69) is 21.7 Å². The Kier molecular flexibility index (Phi) is 2.90. The van der Waals surface area contributed by atoms with Crippen molar-refractivity contribution in [1.29, 1.82) is 0 Å². The first kappa shape index (κ1) is 10.7. The summed E-state index contributed by atoms with van der Waals surface area (Å²) < 4.78 is 2.12. The highest BCUT2D eigenvalue weighted by molar-refractivity contribution is 5.61. The van der Waals surface area contributed by atoms with Gasteiger partial charge in [-0.2, -0.15) is 0 Å². The van der Waals surface area contributed by atoms with Gasteiger partial charge in [-0.1, -0.05) is 19.1 Å². The van der Waals surface area contributed by atoms with Crippen molar-refractivity contribution in [2.24, 2.45) is 0 Å². The van der Waals surface area contributed by atoms with Crippen molar-refractivity contribution in [3.8, 4) is 11.4 Å². The van der Waals surface area contributed by atoms with Gasteiger partial charge in [0, 0.05) is 17.8 Å². The largest absolute Gasteiger partial charge is 0.399 e. The first-order valence-corrected chi connectivity index (χ1v) is 5.48. The minimum Gasteiger partial charge on any atom is -0.399 e. The minimum absolute atomic E-state index is 0.751. The third-order valence-corrected chi connectivity index (χ3v) is 2.53. The Balaban J connectivity index is 2.47. The minimum atomic E-state index is 0.751. The van der Waals surface area contributed by atoms with Gasteiger partial charge in [0.2, 0.25) is 0 Å². The van der Waals surface area contributed by atoms with E-state index in [-0.39, 0.29) is 0 Å². The molecule has 0 aliphatic carbocycles. The fourth-order valence-corrected chi connectivity index (χ4v) is 1.76. The van der Waals surface area contributed by atoms with E-state index in [1.807, 2.05) is 31.2 Å². The lowest BCUT2D eigenvalue weighted by molar-refractivity contribution is 0.663. The fraction of sp³-hybridized carbons (Fsp3) is 0.333. The second-order valence-corrected chi connectivity index (χ2v) is 3.85. The average Bonchev–Trinajstić information content (AvgIpc) is 2.61. The van der Waals surface area contributed by atoms with Gasteiger partial charge in [0.05, 0.1) is 0 Å². The second kappa shape index (κ2) is 4.35. The van der Waals surface area contributed by atoms with E-state index in [0.717, 1.165) is 35.9 Å². The van der Waals surface area contributed by atoms with Gasteiger partial charge in [0.25, 0.3) is 0 Å². The third-order valence-electron chi connectivity index (χ3n) is 2.53. The molecule has 0 bridgehead atoms. The molecule has 4 heteroatoms. The van der Waals surface area contributed by atoms with E-state index >= 15 is 0 Å². The zero-order valence-corrected chi connectivity index (χ0v) is 9.64. The highest BCUT2D eigenvalue weighted by Crippen LogP contribution is 2.20. The Morgan fingerprint density at radius 3 is 2.81 bits per heavy atom. The zero-order valence-electron chi connectivity index (χ0n) is 9.64. The van der Waals surface area contributed by atoms with Crippen molar-refractivity contribution in [3.05, 3.63) is 30.1 Å². The zero-order chi connectivity index (χ0) is 11.5. The van der Waals surface area contributed by atoms with E-state index in [4.69, 9.17) is 5.73 Å². The summed E-state index contributed by atoms with van der Waals surface area (Å²) >= 11 is 0. The summed E-state index contributed by atoms with van der Waals surface area (Å²) in [6.07, 6.45) is 1.06. The van der Waals surface area contributed by atoms with E-state index in [9.17, 15) is 0 Å². The predicted molar refractivity (Wildman–Crippen MR) is 64.9 cm³/mol. The molecule has 0 amide bonds. The van der Waals surface area contributed by atoms with Gasteiger partial charge in [0.1, 0.15) is 5.82 Å². The molecular weight excluding hydrogens is 200 g/mol. The predicted octanol–water partition coefficient (Wildman–Crippen LogP) is 2.25. The Morgan fingerprint density at radius 2 is 2.12 bits per heavy atom. The van der Waals surface area contributed by atoms with E-state index in [0.29, 0.717) is 0 Å². The summed E-state index contributed by atoms with van der Waals surface area (Å²) in [7, 11) is 0. The molecule has 0 atom stereocenters. The molecule has 1 aromatic carbocycles. The smallest absolute Gasteiger partial charge is 0.164 e. The monoisotopic (exact) mass is 216 g/mol. The molecule has 2 aromatic rings. The maximum Gasteiger partial charge on any atom is 0.164 e. The number of nitrogen functional groups attached to an aromatic ring is 1. The van der Waals surface area contributed by atoms with Crippen LogP contribution in [0.1, 0.15) is 19.2 Å². The first-order valence-electron chi connectivity index (χ1n) is 5.48. The number of hydrogen-bond acceptors (Lipinski definition) is 3. The molecule has 84 valence electrons. The molecule has 2 N–H and O–H groups in total. The molecular formula is C12H16N4. The molecule has 1 aromatic heterocycles. The van der Waals surface area contributed by atoms with Crippen molar-refractivity contribution >= 4 is 5.69 Å². The van der Waals surface area contributed by atoms with Gasteiger partial charge in [-0.3, -0.25) is 0 Å². The Bertz CT molecular complexity index is 488. The van der Waals surface area contributed by atoms with E-state index < -0.39 is 0 Å². The molecule has 0 spiro atoms. The Labute approximate surface area is 95.1 Å². The van der Waals surface area contributed by atoms with Gasteiger partial charge in [-0.05, 0) is 25.5 Å². The summed E-state index contributed by atoms with van der Waals surface area (Å²) in [6, 6.07) is 7.74. The number of aromatic nitrogens is 3. The second-order valence-electron chi connectivity index (χ2n) is 3.85. The van der Waals surface area contributed by atoms with Crippen LogP contribution in [0.25, 0.3) is 11.4 Å². The highest BCUT2D eigenvalue weighted by Gasteiger charge is 2.09. The maximum absolute atomic E-state index is 5.77. The van der Waals surface area contributed by atoms with Gasteiger partial charge in [-0.15, -0.1) is 10.2 Å². The molecule has 0 saturated heterocycles. The third kappa shape index (κ3) is 1.91. The van der Waals surface area contributed by atoms with Crippen LogP contribution in [-0.2, 0) is 6.54 Å². The Hall–Kier alpha value is -1.84. The summed E-state index contributed by atoms with van der Waals surface area (Å²) in [5.41, 5.74) is 7.54. The van der Waals surface area contributed by atoms with Crippen LogP contribution in [0.3, 0.4) is 0 Å². The van der Waals surface area contributed by atoms with Crippen molar-refractivity contribution in [2.45, 2.75) is 26.8 Å². The van der Waals surface area contributed by atoms with Crippen LogP contribution in [-0.4, -0.2) is 14.8 Å². The molecule has 0 aliphatic rings. The van der Waals surface area contributed by atoms with Crippen molar-refractivity contribution < 1.29 is 0 Å². The number of rotatable bonds is 3. The van der Waals surface area contributed by atoms with E-state index in [1.165, 1.54) is 0 Å². The molecule has 0 radical (unpaired) electrons. The highest BCUT2D eigenvalue weighted by atomic mass is 15.3. The summed E-state index contributed by atoms with van der Waals surface area (Å²) in [5, 5.41) is 8.32. The standard InChI is InChI=1S/C12H16N4/c1-3-7-16-9(2)14-15-12(16)10-5-4-6-11(13)8-10/h4-6,8H,3,7,13H2,1-2H3. The van der Waals surface area contributed by atoms with Crippen LogP contribution < -0.4 is 5.73 Å². The number of hydrogen-bond donors (Lipinski definition) is 1. The van der Waals surface area contributed by atoms with Crippen LogP contribution in [0.5, 0.6) is 0 Å². The number of nitrogens with two attached hydrogens (primary N) is 1. The van der Waals surface area contributed by atoms with Crippen molar-refractivity contribution in [3.63, 3.8) is 0 Å². The fourth-order valence-electron chi connectivity index (χ4n) is 1.76. The lowest BCUT2D eigenvalue weighted by Crippen LogP contribution is -2.02. The summed E-state index contributed by atoms with van der Waals surface area (Å²) in [4.78, 5) is 0. The van der Waals surface area contributed by atoms with Crippen LogP contribution in [0.4, 0.5) is 5.69 Å². The number of nitrogens with zero attached hydrogens (tertiary/aromatic N) is 3. The lowest BCUT2D eigenvalue weighted by atomic mass is 10.2. The van der Waals surface area contributed by atoms with Gasteiger partial charge < -0.3 is 10.3 Å². The van der Waals surface area contributed by atoms with Crippen LogP contribution >= 0.6 is 0 Å². The van der Waals surface area contributed by atoms with Crippen LogP contribution in [0.2, 0.25) is 0 Å². The SMILES string of the molecule is CCCn1c(C)nnc1-c1cccc(N)c1. The average molecular weight is 216 g/mol. The molecule has 0 saturated carbocycles. The van der Waals surface area contributed by atoms with Crippen LogP contribution in [0, 0.1) is 6.92 Å². The molecule has 0 aliphatic heterocycles. The normalized spacial score (nSPS) is 10.6. The maximum atomic E-state index is 5.77. The van der Waals surface area contributed by atoms with Crippen molar-refractivity contribution in [1.82, 2.24) is 14.8 Å². The molecule has 2 rings (SSSR count). The van der Waals surface area contributed by atoms with Gasteiger partial charge >= 0.3 is 0 Å². The summed E-state index contributed by atoms with van der Waals surface area (Å²) in [6.45, 7) is 5.05. The van der Waals surface area contributed by atoms with Crippen LogP contribution in [0.15, 0.2) is 24.3 Å². The quantitative estimate of drug-likeness (QED) is 0.800. The number of benzene rings is 1. The van der Waals surface area contributed by atoms with Gasteiger partial charge in [0.15, 0.2) is 5.82 Å². The topological polar surface area (TPSA) is 56.7 Å². The first-order chi connectivity index (χ1) is 7.72. The molecule has 4 nitrogen and oxygen atoms in total. The van der Waals surface area contributed by atoms with E-state index in [1.54, 1.807) is 0 Å². The van der Waals surface area contributed by atoms with Crippen molar-refractivity contribution in [2.75, 3.05) is 5.73 Å². The molecule has 0 fully saturated rings. The number of anilines is 1. The molecule has 16 heavy (non-hydrogen) atoms. The summed E-state index contributed by atoms with van der Waals surface area (Å²) in [5.74, 6) is 1.84. The van der Waals surface area contributed by atoms with Gasteiger partial charge in [-0.25, -0.2) is 0 Å². The molecule has 1 heterocycles. The number of aryl methyl sites for hydroxylation is 1. The Morgan fingerprint density at radius 1 is 1.31 bits per heavy atom. The lowest BCUT2D eigenvalue weighted by Gasteiger charge is -2.07.